The monoisotopic (exact) mass is 241 g/mol. The van der Waals surface area contributed by atoms with Gasteiger partial charge in [-0.25, -0.2) is 4.79 Å². The van der Waals surface area contributed by atoms with Crippen LogP contribution in [0.1, 0.15) is 15.9 Å². The second kappa shape index (κ2) is 4.92. The number of nitrogens with two attached hydrogens (primary N) is 1. The molecule has 92 valence electrons. The highest BCUT2D eigenvalue weighted by Crippen LogP contribution is 2.29. The van der Waals surface area contributed by atoms with Crippen LogP contribution in [0.15, 0.2) is 42.5 Å². The first-order valence-corrected chi connectivity index (χ1v) is 5.67. The van der Waals surface area contributed by atoms with Gasteiger partial charge in [0.15, 0.2) is 0 Å². The summed E-state index contributed by atoms with van der Waals surface area (Å²) in [6.45, 7) is 2.03. The molecule has 3 heteroatoms. The number of methoxy groups -OCH3 is 1. The van der Waals surface area contributed by atoms with Gasteiger partial charge in [-0.1, -0.05) is 42.0 Å². The Labute approximate surface area is 106 Å². The van der Waals surface area contributed by atoms with Crippen LogP contribution in [0.25, 0.3) is 11.1 Å². The molecular formula is C15H15NO2. The van der Waals surface area contributed by atoms with Gasteiger partial charge in [0.05, 0.1) is 18.4 Å². The van der Waals surface area contributed by atoms with Crippen LogP contribution < -0.4 is 5.73 Å². The van der Waals surface area contributed by atoms with Gasteiger partial charge in [0.1, 0.15) is 0 Å². The van der Waals surface area contributed by atoms with Gasteiger partial charge in [0.25, 0.3) is 0 Å². The lowest BCUT2D eigenvalue weighted by atomic mass is 9.99. The van der Waals surface area contributed by atoms with E-state index in [2.05, 4.69) is 0 Å². The molecule has 0 spiro atoms. The van der Waals surface area contributed by atoms with E-state index in [1.165, 1.54) is 12.7 Å². The summed E-state index contributed by atoms with van der Waals surface area (Å²) in [4.78, 5) is 11.6. The van der Waals surface area contributed by atoms with Crippen LogP contribution >= 0.6 is 0 Å². The fourth-order valence-corrected chi connectivity index (χ4v) is 1.84. The number of ether oxygens (including phenoxy) is 1. The molecule has 18 heavy (non-hydrogen) atoms. The van der Waals surface area contributed by atoms with Crippen LogP contribution in [0.3, 0.4) is 0 Å². The molecule has 0 aliphatic carbocycles. The largest absolute Gasteiger partial charge is 0.465 e. The van der Waals surface area contributed by atoms with E-state index < -0.39 is 5.97 Å². The van der Waals surface area contributed by atoms with Crippen molar-refractivity contribution in [2.75, 3.05) is 12.8 Å². The Bertz CT molecular complexity index is 574. The molecule has 0 aliphatic heterocycles. The predicted octanol–water partition coefficient (Wildman–Crippen LogP) is 3.03. The number of carbonyl (C=O) groups excluding carboxylic acids is 1. The first-order chi connectivity index (χ1) is 8.63. The van der Waals surface area contributed by atoms with Crippen molar-refractivity contribution < 1.29 is 9.53 Å². The summed E-state index contributed by atoms with van der Waals surface area (Å²) in [6, 6.07) is 13.4. The number of aryl methyl sites for hydroxylation is 1. The van der Waals surface area contributed by atoms with Crippen molar-refractivity contribution in [2.45, 2.75) is 6.92 Å². The van der Waals surface area contributed by atoms with Gasteiger partial charge in [-0.3, -0.25) is 0 Å². The van der Waals surface area contributed by atoms with Crippen molar-refractivity contribution in [1.29, 1.82) is 0 Å². The average Bonchev–Trinajstić information content (AvgIpc) is 2.39. The van der Waals surface area contributed by atoms with Crippen LogP contribution in [-0.4, -0.2) is 13.1 Å². The molecule has 2 N–H and O–H groups in total. The fraction of sp³-hybridized carbons (Fsp3) is 0.133. The van der Waals surface area contributed by atoms with E-state index in [0.717, 1.165) is 11.1 Å². The van der Waals surface area contributed by atoms with E-state index in [4.69, 9.17) is 10.5 Å². The number of para-hydroxylation sites is 1. The van der Waals surface area contributed by atoms with E-state index >= 15 is 0 Å². The van der Waals surface area contributed by atoms with E-state index in [-0.39, 0.29) is 0 Å². The summed E-state index contributed by atoms with van der Waals surface area (Å²) >= 11 is 0. The van der Waals surface area contributed by atoms with Crippen molar-refractivity contribution in [3.05, 3.63) is 53.6 Å². The first-order valence-electron chi connectivity index (χ1n) is 5.67. The molecule has 3 nitrogen and oxygen atoms in total. The zero-order valence-electron chi connectivity index (χ0n) is 10.4. The molecule has 0 radical (unpaired) electrons. The molecule has 0 saturated heterocycles. The number of benzene rings is 2. The minimum absolute atomic E-state index is 0.399. The molecule has 0 unspecified atom stereocenters. The number of rotatable bonds is 2. The van der Waals surface area contributed by atoms with Crippen molar-refractivity contribution in [3.8, 4) is 11.1 Å². The molecule has 0 heterocycles. The third-order valence-electron chi connectivity index (χ3n) is 2.87. The quantitative estimate of drug-likeness (QED) is 0.649. The maximum atomic E-state index is 11.6. The highest BCUT2D eigenvalue weighted by molar-refractivity contribution is 5.99. The summed E-state index contributed by atoms with van der Waals surface area (Å²) < 4.78 is 4.71. The maximum absolute atomic E-state index is 11.6. The second-order valence-electron chi connectivity index (χ2n) is 4.12. The predicted molar refractivity (Wildman–Crippen MR) is 72.4 cm³/mol. The van der Waals surface area contributed by atoms with Gasteiger partial charge in [-0.15, -0.1) is 0 Å². The molecule has 2 aromatic carbocycles. The third kappa shape index (κ3) is 2.20. The highest BCUT2D eigenvalue weighted by atomic mass is 16.5. The number of carbonyl (C=O) groups is 1. The van der Waals surface area contributed by atoms with Crippen LogP contribution in [0.4, 0.5) is 5.69 Å². The van der Waals surface area contributed by atoms with Gasteiger partial charge in [0.2, 0.25) is 0 Å². The van der Waals surface area contributed by atoms with E-state index in [9.17, 15) is 4.79 Å². The summed E-state index contributed by atoms with van der Waals surface area (Å²) in [5, 5.41) is 0. The topological polar surface area (TPSA) is 52.3 Å². The van der Waals surface area contributed by atoms with Gasteiger partial charge in [-0.2, -0.15) is 0 Å². The van der Waals surface area contributed by atoms with Crippen LogP contribution in [-0.2, 0) is 4.74 Å². The number of nitrogen functional groups attached to an aromatic ring is 1. The summed E-state index contributed by atoms with van der Waals surface area (Å²) in [5.41, 5.74) is 9.90. The van der Waals surface area contributed by atoms with Gasteiger partial charge in [0, 0.05) is 5.56 Å². The number of esters is 1. The molecule has 0 amide bonds. The lowest BCUT2D eigenvalue weighted by Gasteiger charge is -2.10. The summed E-state index contributed by atoms with van der Waals surface area (Å²) in [5.74, 6) is -0.415. The smallest absolute Gasteiger partial charge is 0.339 e. The Balaban J connectivity index is 2.52. The maximum Gasteiger partial charge on any atom is 0.339 e. The summed E-state index contributed by atoms with van der Waals surface area (Å²) in [6.07, 6.45) is 0. The van der Waals surface area contributed by atoms with Crippen LogP contribution in [0, 0.1) is 6.92 Å². The van der Waals surface area contributed by atoms with Crippen molar-refractivity contribution >= 4 is 11.7 Å². The minimum Gasteiger partial charge on any atom is -0.465 e. The molecule has 0 saturated carbocycles. The third-order valence-corrected chi connectivity index (χ3v) is 2.87. The van der Waals surface area contributed by atoms with Gasteiger partial charge < -0.3 is 10.5 Å². The molecule has 2 aromatic rings. The summed E-state index contributed by atoms with van der Waals surface area (Å²) in [7, 11) is 1.35. The van der Waals surface area contributed by atoms with Crippen molar-refractivity contribution in [1.82, 2.24) is 0 Å². The minimum atomic E-state index is -0.415. The van der Waals surface area contributed by atoms with Crippen LogP contribution in [0.2, 0.25) is 0 Å². The lowest BCUT2D eigenvalue weighted by Crippen LogP contribution is -2.06. The zero-order chi connectivity index (χ0) is 13.1. The Kier molecular flexibility index (Phi) is 3.33. The van der Waals surface area contributed by atoms with Crippen LogP contribution in [0.5, 0.6) is 0 Å². The average molecular weight is 241 g/mol. The Hall–Kier alpha value is -2.29. The number of anilines is 1. The normalized spacial score (nSPS) is 10.1. The molecule has 0 aliphatic rings. The lowest BCUT2D eigenvalue weighted by molar-refractivity contribution is 0.0602. The van der Waals surface area contributed by atoms with E-state index in [0.29, 0.717) is 11.3 Å². The van der Waals surface area contributed by atoms with Crippen molar-refractivity contribution in [2.24, 2.45) is 0 Å². The molecule has 0 aromatic heterocycles. The SMILES string of the molecule is COC(=O)c1cccc(-c2ccc(C)cc2)c1N. The van der Waals surface area contributed by atoms with Crippen molar-refractivity contribution in [3.63, 3.8) is 0 Å². The number of hydrogen-bond donors (Lipinski definition) is 1. The Morgan fingerprint density at radius 3 is 2.39 bits per heavy atom. The molecule has 0 fully saturated rings. The van der Waals surface area contributed by atoms with Gasteiger partial charge >= 0.3 is 5.97 Å². The van der Waals surface area contributed by atoms with E-state index in [1.54, 1.807) is 12.1 Å². The zero-order valence-corrected chi connectivity index (χ0v) is 10.4. The first kappa shape index (κ1) is 12.2. The second-order valence-corrected chi connectivity index (χ2v) is 4.12. The van der Waals surface area contributed by atoms with Gasteiger partial charge in [-0.05, 0) is 18.6 Å². The Morgan fingerprint density at radius 2 is 1.78 bits per heavy atom. The Morgan fingerprint density at radius 1 is 1.11 bits per heavy atom. The highest BCUT2D eigenvalue weighted by Gasteiger charge is 2.13. The molecule has 2 rings (SSSR count). The van der Waals surface area contributed by atoms with E-state index in [1.807, 2.05) is 37.3 Å². The molecular weight excluding hydrogens is 226 g/mol. The number of hydrogen-bond acceptors (Lipinski definition) is 3. The standard InChI is InChI=1S/C15H15NO2/c1-10-6-8-11(9-7-10)12-4-3-5-13(14(12)16)15(17)18-2/h3-9H,16H2,1-2H3. The molecule has 0 bridgehead atoms. The molecule has 0 atom stereocenters. The fourth-order valence-electron chi connectivity index (χ4n) is 1.84.